The lowest BCUT2D eigenvalue weighted by molar-refractivity contribution is 0.0677. The van der Waals surface area contributed by atoms with Crippen molar-refractivity contribution >= 4 is 5.91 Å². The van der Waals surface area contributed by atoms with Gasteiger partial charge in [-0.1, -0.05) is 36.4 Å². The molecule has 0 unspecified atom stereocenters. The van der Waals surface area contributed by atoms with Crippen molar-refractivity contribution in [1.82, 2.24) is 19.7 Å². The van der Waals surface area contributed by atoms with Gasteiger partial charge in [0, 0.05) is 24.7 Å². The van der Waals surface area contributed by atoms with Crippen LogP contribution >= 0.6 is 0 Å². The van der Waals surface area contributed by atoms with E-state index in [2.05, 4.69) is 35.2 Å². The average molecular weight is 332 g/mol. The lowest BCUT2D eigenvalue weighted by Crippen LogP contribution is -2.38. The molecule has 4 rings (SSSR count). The average Bonchev–Trinajstić information content (AvgIpc) is 3.08. The van der Waals surface area contributed by atoms with Gasteiger partial charge in [-0.25, -0.2) is 4.98 Å². The van der Waals surface area contributed by atoms with Gasteiger partial charge in [0.2, 0.25) is 0 Å². The fourth-order valence-electron chi connectivity index (χ4n) is 3.45. The van der Waals surface area contributed by atoms with Gasteiger partial charge in [-0.2, -0.15) is 5.10 Å². The topological polar surface area (TPSA) is 51.0 Å². The van der Waals surface area contributed by atoms with Crippen LogP contribution in [0.15, 0.2) is 54.9 Å². The molecular formula is C20H20N4O. The first-order valence-corrected chi connectivity index (χ1v) is 8.48. The molecule has 0 radical (unpaired) electrons. The molecule has 5 nitrogen and oxygen atoms in total. The fraction of sp³-hybridized carbons (Fsp3) is 0.250. The maximum Gasteiger partial charge on any atom is 0.254 e. The van der Waals surface area contributed by atoms with Gasteiger partial charge in [-0.15, -0.1) is 0 Å². The molecule has 0 fully saturated rings. The molecule has 0 N–H and O–H groups in total. The molecule has 3 aromatic rings. The molecule has 1 amide bonds. The monoisotopic (exact) mass is 332 g/mol. The van der Waals surface area contributed by atoms with E-state index in [4.69, 9.17) is 0 Å². The Balaban J connectivity index is 1.57. The Labute approximate surface area is 146 Å². The van der Waals surface area contributed by atoms with E-state index in [0.717, 1.165) is 18.5 Å². The molecular weight excluding hydrogens is 312 g/mol. The number of carbonyl (C=O) groups is 1. The number of benzene rings is 2. The fourth-order valence-corrected chi connectivity index (χ4v) is 3.45. The highest BCUT2D eigenvalue weighted by Gasteiger charge is 2.27. The van der Waals surface area contributed by atoms with Gasteiger partial charge in [-0.05, 0) is 36.6 Å². The normalized spacial score (nSPS) is 16.6. The summed E-state index contributed by atoms with van der Waals surface area (Å²) in [5.41, 5.74) is 4.20. The molecule has 1 aliphatic rings. The summed E-state index contributed by atoms with van der Waals surface area (Å²) in [5, 5.41) is 4.29. The second-order valence-corrected chi connectivity index (χ2v) is 6.44. The van der Waals surface area contributed by atoms with Crippen molar-refractivity contribution in [2.24, 2.45) is 7.05 Å². The summed E-state index contributed by atoms with van der Waals surface area (Å²) in [6.45, 7) is 2.85. The van der Waals surface area contributed by atoms with Crippen molar-refractivity contribution in [2.75, 3.05) is 6.54 Å². The number of fused-ring (bicyclic) bond motifs is 1. The number of nitrogens with zero attached hydrogens (tertiary/aromatic N) is 4. The summed E-state index contributed by atoms with van der Waals surface area (Å²) in [4.78, 5) is 19.2. The first-order chi connectivity index (χ1) is 12.1. The van der Waals surface area contributed by atoms with E-state index in [-0.39, 0.29) is 11.9 Å². The summed E-state index contributed by atoms with van der Waals surface area (Å²) in [6, 6.07) is 16.0. The zero-order valence-electron chi connectivity index (χ0n) is 14.4. The van der Waals surface area contributed by atoms with Crippen LogP contribution < -0.4 is 0 Å². The van der Waals surface area contributed by atoms with Crippen LogP contribution in [0.4, 0.5) is 0 Å². The van der Waals surface area contributed by atoms with Gasteiger partial charge in [-0.3, -0.25) is 9.48 Å². The maximum absolute atomic E-state index is 13.0. The van der Waals surface area contributed by atoms with E-state index in [9.17, 15) is 4.79 Å². The van der Waals surface area contributed by atoms with Gasteiger partial charge in [0.25, 0.3) is 5.91 Å². The minimum atomic E-state index is 0.0718. The second-order valence-electron chi connectivity index (χ2n) is 6.44. The second kappa shape index (κ2) is 6.16. The van der Waals surface area contributed by atoms with Crippen LogP contribution in [0.1, 0.15) is 34.5 Å². The molecule has 0 aliphatic carbocycles. The van der Waals surface area contributed by atoms with Crippen LogP contribution in [0, 0.1) is 0 Å². The number of amides is 1. The largest absolute Gasteiger partial charge is 0.332 e. The molecule has 0 saturated carbocycles. The molecule has 0 saturated heterocycles. The number of aromatic nitrogens is 3. The Kier molecular flexibility index (Phi) is 3.84. The highest BCUT2D eigenvalue weighted by atomic mass is 16.2. The van der Waals surface area contributed by atoms with Gasteiger partial charge in [0.1, 0.15) is 6.33 Å². The van der Waals surface area contributed by atoms with Crippen molar-refractivity contribution in [2.45, 2.75) is 19.4 Å². The first-order valence-electron chi connectivity index (χ1n) is 8.48. The highest BCUT2D eigenvalue weighted by molar-refractivity contribution is 5.95. The van der Waals surface area contributed by atoms with Crippen molar-refractivity contribution < 1.29 is 4.79 Å². The third-order valence-corrected chi connectivity index (χ3v) is 4.85. The summed E-state index contributed by atoms with van der Waals surface area (Å²) in [5.74, 6) is 0.740. The van der Waals surface area contributed by atoms with Gasteiger partial charge < -0.3 is 4.90 Å². The van der Waals surface area contributed by atoms with E-state index < -0.39 is 0 Å². The lowest BCUT2D eigenvalue weighted by atomic mass is 9.93. The number of hydrogen-bond donors (Lipinski definition) is 0. The van der Waals surface area contributed by atoms with Crippen molar-refractivity contribution in [3.8, 4) is 11.4 Å². The summed E-state index contributed by atoms with van der Waals surface area (Å²) < 4.78 is 1.67. The van der Waals surface area contributed by atoms with E-state index >= 15 is 0 Å². The molecule has 126 valence electrons. The summed E-state index contributed by atoms with van der Waals surface area (Å²) in [6.07, 6.45) is 2.57. The van der Waals surface area contributed by atoms with E-state index in [1.165, 1.54) is 11.1 Å². The van der Waals surface area contributed by atoms with Gasteiger partial charge in [0.15, 0.2) is 5.82 Å². The molecule has 0 spiro atoms. The van der Waals surface area contributed by atoms with E-state index in [1.807, 2.05) is 42.3 Å². The Morgan fingerprint density at radius 3 is 2.60 bits per heavy atom. The van der Waals surface area contributed by atoms with Crippen LogP contribution in [-0.2, 0) is 13.5 Å². The lowest BCUT2D eigenvalue weighted by Gasteiger charge is -2.35. The van der Waals surface area contributed by atoms with E-state index in [1.54, 1.807) is 11.0 Å². The van der Waals surface area contributed by atoms with Gasteiger partial charge in [0.05, 0.1) is 6.04 Å². The Morgan fingerprint density at radius 1 is 1.12 bits per heavy atom. The predicted molar refractivity (Wildman–Crippen MR) is 96.0 cm³/mol. The first kappa shape index (κ1) is 15.6. The molecule has 2 aromatic carbocycles. The van der Waals surface area contributed by atoms with Crippen molar-refractivity contribution in [3.63, 3.8) is 0 Å². The van der Waals surface area contributed by atoms with Crippen molar-refractivity contribution in [1.29, 1.82) is 0 Å². The SMILES string of the molecule is C[C@@H]1c2ccccc2CCN1C(=O)c1ccc(-c2ncn(C)n2)cc1. The molecule has 0 bridgehead atoms. The molecule has 1 aromatic heterocycles. The van der Waals surface area contributed by atoms with Crippen LogP contribution in [0.5, 0.6) is 0 Å². The quantitative estimate of drug-likeness (QED) is 0.724. The molecule has 25 heavy (non-hydrogen) atoms. The zero-order valence-corrected chi connectivity index (χ0v) is 14.4. The smallest absolute Gasteiger partial charge is 0.254 e. The van der Waals surface area contributed by atoms with E-state index in [0.29, 0.717) is 11.4 Å². The zero-order chi connectivity index (χ0) is 17.4. The summed E-state index contributed by atoms with van der Waals surface area (Å²) >= 11 is 0. The highest BCUT2D eigenvalue weighted by Crippen LogP contribution is 2.30. The Bertz CT molecular complexity index is 913. The number of aryl methyl sites for hydroxylation is 1. The number of hydrogen-bond acceptors (Lipinski definition) is 3. The Morgan fingerprint density at radius 2 is 1.88 bits per heavy atom. The third kappa shape index (κ3) is 2.82. The summed E-state index contributed by atoms with van der Waals surface area (Å²) in [7, 11) is 1.84. The van der Waals surface area contributed by atoms with Crippen LogP contribution in [-0.4, -0.2) is 32.1 Å². The molecule has 2 heterocycles. The number of carbonyl (C=O) groups excluding carboxylic acids is 1. The molecule has 1 aliphatic heterocycles. The maximum atomic E-state index is 13.0. The third-order valence-electron chi connectivity index (χ3n) is 4.85. The molecule has 5 heteroatoms. The van der Waals surface area contributed by atoms with Gasteiger partial charge >= 0.3 is 0 Å². The molecule has 1 atom stereocenters. The van der Waals surface area contributed by atoms with Crippen LogP contribution in [0.2, 0.25) is 0 Å². The van der Waals surface area contributed by atoms with Crippen LogP contribution in [0.3, 0.4) is 0 Å². The van der Waals surface area contributed by atoms with Crippen molar-refractivity contribution in [3.05, 3.63) is 71.5 Å². The minimum Gasteiger partial charge on any atom is -0.332 e. The standard InChI is InChI=1S/C20H20N4O/c1-14-18-6-4-3-5-15(18)11-12-24(14)20(25)17-9-7-16(8-10-17)19-21-13-23(2)22-19/h3-10,13-14H,11-12H2,1-2H3/t14-/m1/s1. The Hall–Kier alpha value is -2.95. The minimum absolute atomic E-state index is 0.0718. The van der Waals surface area contributed by atoms with Crippen LogP contribution in [0.25, 0.3) is 11.4 Å². The number of rotatable bonds is 2. The predicted octanol–water partition coefficient (Wildman–Crippen LogP) is 3.24.